The van der Waals surface area contributed by atoms with Crippen LogP contribution in [0.25, 0.3) is 10.8 Å². The van der Waals surface area contributed by atoms with E-state index in [4.69, 9.17) is 4.43 Å². The summed E-state index contributed by atoms with van der Waals surface area (Å²) >= 11 is 3.58. The molecule has 0 aliphatic carbocycles. The van der Waals surface area contributed by atoms with Crippen LogP contribution in [0.1, 0.15) is 41.5 Å². The van der Waals surface area contributed by atoms with Crippen LogP contribution in [0, 0.1) is 0 Å². The number of nitrogens with zero attached hydrogens (tertiary/aromatic N) is 1. The molecule has 0 radical (unpaired) electrons. The van der Waals surface area contributed by atoms with Gasteiger partial charge in [0.1, 0.15) is 0 Å². The fraction of sp³-hybridized carbons (Fsp3) is 0.500. The molecule has 120 valence electrons. The van der Waals surface area contributed by atoms with E-state index in [1.165, 1.54) is 5.39 Å². The Morgan fingerprint density at radius 3 is 2.14 bits per heavy atom. The van der Waals surface area contributed by atoms with Gasteiger partial charge >= 0.3 is 0 Å². The molecule has 0 fully saturated rings. The molecule has 0 unspecified atom stereocenters. The molecule has 0 atom stereocenters. The topological polar surface area (TPSA) is 22.1 Å². The minimum atomic E-state index is -1.94. The van der Waals surface area contributed by atoms with E-state index >= 15 is 0 Å². The number of rotatable bonds is 5. The number of hydrogen-bond donors (Lipinski definition) is 0. The Labute approximate surface area is 143 Å². The maximum atomic E-state index is 6.65. The van der Waals surface area contributed by atoms with Crippen LogP contribution >= 0.6 is 15.9 Å². The van der Waals surface area contributed by atoms with Crippen molar-refractivity contribution in [3.05, 3.63) is 34.9 Å². The number of pyridine rings is 1. The Morgan fingerprint density at radius 1 is 1.00 bits per heavy atom. The Balaban J connectivity index is 2.47. The van der Waals surface area contributed by atoms with Crippen molar-refractivity contribution >= 4 is 35.0 Å². The Hall–Kier alpha value is -0.873. The van der Waals surface area contributed by atoms with E-state index in [0.717, 1.165) is 15.7 Å². The van der Waals surface area contributed by atoms with Crippen molar-refractivity contribution in [1.82, 2.24) is 4.98 Å². The van der Waals surface area contributed by atoms with Crippen LogP contribution in [0.15, 0.2) is 34.9 Å². The van der Waals surface area contributed by atoms with E-state index in [1.54, 1.807) is 0 Å². The highest BCUT2D eigenvalue weighted by atomic mass is 79.9. The quantitative estimate of drug-likeness (QED) is 0.549. The zero-order chi connectivity index (χ0) is 16.5. The second kappa shape index (κ2) is 6.71. The van der Waals surface area contributed by atoms with E-state index in [9.17, 15) is 0 Å². The molecule has 1 aromatic carbocycles. The molecule has 0 aliphatic heterocycles. The van der Waals surface area contributed by atoms with Gasteiger partial charge in [0.05, 0.1) is 0 Å². The zero-order valence-corrected chi connectivity index (χ0v) is 16.9. The van der Waals surface area contributed by atoms with Crippen LogP contribution in [0.2, 0.25) is 16.6 Å². The molecule has 0 spiro atoms. The Morgan fingerprint density at radius 2 is 1.59 bits per heavy atom. The summed E-state index contributed by atoms with van der Waals surface area (Å²) < 4.78 is 7.72. The second-order valence-electron chi connectivity index (χ2n) is 6.90. The minimum Gasteiger partial charge on any atom is -0.530 e. The van der Waals surface area contributed by atoms with Crippen LogP contribution in [0.5, 0.6) is 5.88 Å². The first-order valence-corrected chi connectivity index (χ1v) is 11.0. The monoisotopic (exact) mass is 379 g/mol. The third-order valence-electron chi connectivity index (χ3n) is 4.67. The molecule has 2 rings (SSSR count). The van der Waals surface area contributed by atoms with E-state index in [-0.39, 0.29) is 0 Å². The van der Waals surface area contributed by atoms with Gasteiger partial charge in [-0.15, -0.1) is 0 Å². The molecule has 22 heavy (non-hydrogen) atoms. The third-order valence-corrected chi connectivity index (χ3v) is 11.3. The van der Waals surface area contributed by atoms with Gasteiger partial charge in [0.2, 0.25) is 0 Å². The second-order valence-corrected chi connectivity index (χ2v) is 13.1. The maximum absolute atomic E-state index is 6.65. The molecule has 2 aromatic rings. The smallest absolute Gasteiger partial charge is 0.260 e. The summed E-state index contributed by atoms with van der Waals surface area (Å²) in [7, 11) is -1.94. The third kappa shape index (κ3) is 3.09. The molecule has 1 aromatic heterocycles. The van der Waals surface area contributed by atoms with E-state index < -0.39 is 8.32 Å². The average molecular weight is 380 g/mol. The fourth-order valence-electron chi connectivity index (χ4n) is 3.70. The molecule has 0 saturated heterocycles. The molecule has 4 heteroatoms. The first-order valence-electron chi connectivity index (χ1n) is 8.02. The molecule has 2 nitrogen and oxygen atoms in total. The van der Waals surface area contributed by atoms with Crippen molar-refractivity contribution in [3.63, 3.8) is 0 Å². The Bertz CT molecular complexity index is 633. The van der Waals surface area contributed by atoms with Gasteiger partial charge in [0, 0.05) is 22.1 Å². The summed E-state index contributed by atoms with van der Waals surface area (Å²) in [6.45, 7) is 13.8. The summed E-state index contributed by atoms with van der Waals surface area (Å²) in [6.07, 6.45) is 1.91. The lowest BCUT2D eigenvalue weighted by Gasteiger charge is -2.41. The lowest BCUT2D eigenvalue weighted by atomic mass is 10.2. The maximum Gasteiger partial charge on any atom is 0.260 e. The van der Waals surface area contributed by atoms with Gasteiger partial charge in [-0.05, 0) is 28.1 Å². The van der Waals surface area contributed by atoms with Gasteiger partial charge in [-0.2, -0.15) is 0 Å². The van der Waals surface area contributed by atoms with Crippen molar-refractivity contribution in [2.75, 3.05) is 0 Å². The molecule has 1 heterocycles. The van der Waals surface area contributed by atoms with Crippen LogP contribution < -0.4 is 4.43 Å². The van der Waals surface area contributed by atoms with Crippen molar-refractivity contribution in [3.8, 4) is 5.88 Å². The normalized spacial score (nSPS) is 12.6. The fourth-order valence-corrected chi connectivity index (χ4v) is 9.37. The van der Waals surface area contributed by atoms with Crippen LogP contribution in [-0.2, 0) is 0 Å². The summed E-state index contributed by atoms with van der Waals surface area (Å²) in [4.78, 5) is 4.58. The lowest BCUT2D eigenvalue weighted by Crippen LogP contribution is -2.50. The number of benzene rings is 1. The first kappa shape index (κ1) is 17.5. The van der Waals surface area contributed by atoms with Crippen molar-refractivity contribution in [2.24, 2.45) is 0 Å². The van der Waals surface area contributed by atoms with E-state index in [2.05, 4.69) is 74.6 Å². The van der Waals surface area contributed by atoms with Crippen molar-refractivity contribution < 1.29 is 4.43 Å². The molecular weight excluding hydrogens is 354 g/mol. The number of fused-ring (bicyclic) bond motifs is 1. The SMILES string of the molecule is CC(C)[Si](Oc1cc2cccc(Br)c2cn1)(C(C)C)C(C)C. The molecule has 0 N–H and O–H groups in total. The predicted octanol–water partition coefficient (Wildman–Crippen LogP) is 6.55. The van der Waals surface area contributed by atoms with Crippen LogP contribution in [-0.4, -0.2) is 13.3 Å². The molecule has 0 aliphatic rings. The summed E-state index contributed by atoms with van der Waals surface area (Å²) in [5.74, 6) is 0.772. The Kier molecular flexibility index (Phi) is 5.33. The van der Waals surface area contributed by atoms with E-state index in [0.29, 0.717) is 16.6 Å². The summed E-state index contributed by atoms with van der Waals surface area (Å²) in [6, 6.07) is 8.28. The standard InChI is InChI=1S/C18H26BrNOSi/c1-12(2)22(13(3)4,14(5)6)21-18-10-15-8-7-9-17(19)16(15)11-20-18/h7-14H,1-6H3. The molecule has 0 amide bonds. The highest BCUT2D eigenvalue weighted by Gasteiger charge is 2.47. The van der Waals surface area contributed by atoms with Gasteiger partial charge in [0.25, 0.3) is 8.32 Å². The van der Waals surface area contributed by atoms with Gasteiger partial charge in [-0.3, -0.25) is 0 Å². The van der Waals surface area contributed by atoms with Crippen LogP contribution in [0.3, 0.4) is 0 Å². The van der Waals surface area contributed by atoms with Crippen LogP contribution in [0.4, 0.5) is 0 Å². The van der Waals surface area contributed by atoms with Crippen molar-refractivity contribution in [2.45, 2.75) is 58.2 Å². The zero-order valence-electron chi connectivity index (χ0n) is 14.4. The highest BCUT2D eigenvalue weighted by Crippen LogP contribution is 2.42. The lowest BCUT2D eigenvalue weighted by molar-refractivity contribution is 0.465. The van der Waals surface area contributed by atoms with Gasteiger partial charge in [-0.1, -0.05) is 69.6 Å². The van der Waals surface area contributed by atoms with Gasteiger partial charge in [0.15, 0.2) is 5.88 Å². The molecule has 0 saturated carbocycles. The largest absolute Gasteiger partial charge is 0.530 e. The van der Waals surface area contributed by atoms with Crippen molar-refractivity contribution in [1.29, 1.82) is 0 Å². The summed E-state index contributed by atoms with van der Waals surface area (Å²) in [5.41, 5.74) is 1.65. The summed E-state index contributed by atoms with van der Waals surface area (Å²) in [5, 5.41) is 2.29. The molecule has 0 bridgehead atoms. The number of halogens is 1. The average Bonchev–Trinajstić information content (AvgIpc) is 2.43. The van der Waals surface area contributed by atoms with Gasteiger partial charge in [-0.25, -0.2) is 4.98 Å². The first-order chi connectivity index (χ1) is 10.3. The highest BCUT2D eigenvalue weighted by molar-refractivity contribution is 9.10. The van der Waals surface area contributed by atoms with E-state index in [1.807, 2.05) is 18.3 Å². The molecular formula is C18H26BrNOSi. The number of aromatic nitrogens is 1. The van der Waals surface area contributed by atoms with Gasteiger partial charge < -0.3 is 4.43 Å². The predicted molar refractivity (Wildman–Crippen MR) is 101 cm³/mol. The number of hydrogen-bond acceptors (Lipinski definition) is 2. The minimum absolute atomic E-state index is 0.549.